The molecule has 1 atom stereocenters. The normalized spacial score (nSPS) is 13.3. The minimum atomic E-state index is -3.98. The number of benzene rings is 1. The number of nitrogens with one attached hydrogen (secondary N) is 1. The zero-order valence-electron chi connectivity index (χ0n) is 15.1. The third-order valence-corrected chi connectivity index (χ3v) is 5.26. The monoisotopic (exact) mass is 435 g/mol. The molecule has 27 heavy (non-hydrogen) atoms. The molecule has 1 N–H and O–H groups in total. The molecule has 148 valence electrons. The zero-order chi connectivity index (χ0) is 20.4. The number of alkyl carbamates (subject to hydrolysis) is 1. The van der Waals surface area contributed by atoms with Crippen molar-refractivity contribution in [2.75, 3.05) is 0 Å². The number of halogens is 2. The predicted octanol–water partition coefficient (Wildman–Crippen LogP) is 3.94. The van der Waals surface area contributed by atoms with E-state index >= 15 is 0 Å². The second-order valence-electron chi connectivity index (χ2n) is 6.73. The third kappa shape index (κ3) is 5.82. The van der Waals surface area contributed by atoms with Gasteiger partial charge in [-0.15, -0.1) is 5.10 Å². The van der Waals surface area contributed by atoms with Gasteiger partial charge in [0.2, 0.25) is 15.7 Å². The number of carbonyl (C=O) groups is 1. The molecule has 0 aliphatic heterocycles. The highest BCUT2D eigenvalue weighted by Gasteiger charge is 2.27. The number of rotatable bonds is 5. The standard InChI is InChI=1S/C16H19Cl2N3O5S/c1-9(19-14(22)26-16(2,3)4)13-20-21-15(25-13)27(23,24)8-10-11(17)6-5-7-12(10)18/h5-7,9H,8H2,1-4H3,(H,19,22)/t9-/m1/s1. The van der Waals surface area contributed by atoms with E-state index in [4.69, 9.17) is 32.4 Å². The van der Waals surface area contributed by atoms with Gasteiger partial charge in [-0.1, -0.05) is 34.4 Å². The van der Waals surface area contributed by atoms with Crippen molar-refractivity contribution >= 4 is 39.1 Å². The number of hydrogen-bond donors (Lipinski definition) is 1. The molecule has 0 saturated heterocycles. The van der Waals surface area contributed by atoms with Crippen LogP contribution in [0.25, 0.3) is 0 Å². The van der Waals surface area contributed by atoms with E-state index < -0.39 is 38.5 Å². The van der Waals surface area contributed by atoms with Crippen molar-refractivity contribution in [1.29, 1.82) is 0 Å². The largest absolute Gasteiger partial charge is 0.444 e. The lowest BCUT2D eigenvalue weighted by atomic mass is 10.2. The Labute approximate surface area is 167 Å². The minimum Gasteiger partial charge on any atom is -0.444 e. The number of hydrogen-bond acceptors (Lipinski definition) is 7. The number of carbonyl (C=O) groups excluding carboxylic acids is 1. The Morgan fingerprint density at radius 1 is 1.26 bits per heavy atom. The van der Waals surface area contributed by atoms with Crippen molar-refractivity contribution in [2.24, 2.45) is 0 Å². The van der Waals surface area contributed by atoms with E-state index in [-0.39, 0.29) is 21.5 Å². The van der Waals surface area contributed by atoms with Crippen LogP contribution in [0, 0.1) is 0 Å². The fraction of sp³-hybridized carbons (Fsp3) is 0.438. The first-order chi connectivity index (χ1) is 12.4. The van der Waals surface area contributed by atoms with Gasteiger partial charge < -0.3 is 14.5 Å². The van der Waals surface area contributed by atoms with Crippen LogP contribution in [0.2, 0.25) is 10.0 Å². The maximum absolute atomic E-state index is 12.5. The second-order valence-corrected chi connectivity index (χ2v) is 9.42. The van der Waals surface area contributed by atoms with Gasteiger partial charge in [-0.05, 0) is 39.8 Å². The molecule has 11 heteroatoms. The molecule has 0 saturated carbocycles. The van der Waals surface area contributed by atoms with E-state index in [1.807, 2.05) is 0 Å². The Morgan fingerprint density at radius 3 is 2.41 bits per heavy atom. The summed E-state index contributed by atoms with van der Waals surface area (Å²) in [5, 5.41) is 9.58. The second kappa shape index (κ2) is 8.04. The molecule has 0 bridgehead atoms. The van der Waals surface area contributed by atoms with E-state index in [0.717, 1.165) is 0 Å². The van der Waals surface area contributed by atoms with Crippen molar-refractivity contribution in [3.05, 3.63) is 39.7 Å². The van der Waals surface area contributed by atoms with Crippen LogP contribution in [-0.4, -0.2) is 30.3 Å². The summed E-state index contributed by atoms with van der Waals surface area (Å²) in [4.78, 5) is 11.8. The third-order valence-electron chi connectivity index (χ3n) is 3.19. The van der Waals surface area contributed by atoms with Gasteiger partial charge in [-0.2, -0.15) is 0 Å². The lowest BCUT2D eigenvalue weighted by Crippen LogP contribution is -2.34. The molecule has 0 aliphatic carbocycles. The number of ether oxygens (including phenoxy) is 1. The average molecular weight is 436 g/mol. The summed E-state index contributed by atoms with van der Waals surface area (Å²) in [7, 11) is -3.98. The van der Waals surface area contributed by atoms with E-state index in [0.29, 0.717) is 0 Å². The lowest BCUT2D eigenvalue weighted by Gasteiger charge is -2.20. The molecular formula is C16H19Cl2N3O5S. The SMILES string of the molecule is C[C@@H](NC(=O)OC(C)(C)C)c1nnc(S(=O)(=O)Cc2c(Cl)cccc2Cl)o1. The van der Waals surface area contributed by atoms with E-state index in [1.165, 1.54) is 12.1 Å². The van der Waals surface area contributed by atoms with E-state index in [2.05, 4.69) is 15.5 Å². The van der Waals surface area contributed by atoms with Crippen molar-refractivity contribution in [2.45, 2.75) is 50.3 Å². The fourth-order valence-corrected chi connectivity index (χ4v) is 3.87. The zero-order valence-corrected chi connectivity index (χ0v) is 17.4. The first kappa shape index (κ1) is 21.5. The topological polar surface area (TPSA) is 111 Å². The molecular weight excluding hydrogens is 417 g/mol. The number of aromatic nitrogens is 2. The van der Waals surface area contributed by atoms with Gasteiger partial charge in [-0.25, -0.2) is 13.2 Å². The number of amides is 1. The smallest absolute Gasteiger partial charge is 0.408 e. The Kier molecular flexibility index (Phi) is 6.39. The highest BCUT2D eigenvalue weighted by Crippen LogP contribution is 2.28. The molecule has 0 fully saturated rings. The molecule has 2 rings (SSSR count). The highest BCUT2D eigenvalue weighted by molar-refractivity contribution is 7.90. The van der Waals surface area contributed by atoms with Crippen LogP contribution < -0.4 is 5.32 Å². The maximum atomic E-state index is 12.5. The van der Waals surface area contributed by atoms with Crippen LogP contribution in [-0.2, 0) is 20.3 Å². The van der Waals surface area contributed by atoms with E-state index in [9.17, 15) is 13.2 Å². The molecule has 2 aromatic rings. The molecule has 0 radical (unpaired) electrons. The fourth-order valence-electron chi connectivity index (χ4n) is 1.99. The molecule has 8 nitrogen and oxygen atoms in total. The van der Waals surface area contributed by atoms with Crippen LogP contribution in [0.5, 0.6) is 0 Å². The average Bonchev–Trinajstić information content (AvgIpc) is 3.00. The van der Waals surface area contributed by atoms with Gasteiger partial charge in [0.05, 0.1) is 5.75 Å². The van der Waals surface area contributed by atoms with Gasteiger partial charge in [0, 0.05) is 15.6 Å². The maximum Gasteiger partial charge on any atom is 0.408 e. The summed E-state index contributed by atoms with van der Waals surface area (Å²) < 4.78 is 35.4. The van der Waals surface area contributed by atoms with Crippen LogP contribution >= 0.6 is 23.2 Å². The molecule has 1 heterocycles. The quantitative estimate of drug-likeness (QED) is 0.756. The van der Waals surface area contributed by atoms with Crippen molar-refractivity contribution in [1.82, 2.24) is 15.5 Å². The Morgan fingerprint density at radius 2 is 1.85 bits per heavy atom. The summed E-state index contributed by atoms with van der Waals surface area (Å²) >= 11 is 12.0. The first-order valence-corrected chi connectivity index (χ1v) is 10.3. The van der Waals surface area contributed by atoms with Crippen molar-refractivity contribution < 1.29 is 22.4 Å². The van der Waals surface area contributed by atoms with Crippen LogP contribution in [0.15, 0.2) is 27.8 Å². The van der Waals surface area contributed by atoms with E-state index in [1.54, 1.807) is 33.8 Å². The van der Waals surface area contributed by atoms with Crippen LogP contribution in [0.3, 0.4) is 0 Å². The summed E-state index contributed by atoms with van der Waals surface area (Å²) in [6.07, 6.45) is -0.694. The van der Waals surface area contributed by atoms with Gasteiger partial charge in [0.15, 0.2) is 0 Å². The predicted molar refractivity (Wildman–Crippen MR) is 99.4 cm³/mol. The number of nitrogens with zero attached hydrogens (tertiary/aromatic N) is 2. The first-order valence-electron chi connectivity index (χ1n) is 7.87. The summed E-state index contributed by atoms with van der Waals surface area (Å²) in [6.45, 7) is 6.70. The summed E-state index contributed by atoms with van der Waals surface area (Å²) in [6, 6.07) is 3.92. The molecule has 0 spiro atoms. The Hall–Kier alpha value is -1.84. The van der Waals surface area contributed by atoms with Gasteiger partial charge in [0.25, 0.3) is 0 Å². The molecule has 1 aromatic heterocycles. The van der Waals surface area contributed by atoms with Crippen LogP contribution in [0.4, 0.5) is 4.79 Å². The van der Waals surface area contributed by atoms with Gasteiger partial charge in [0.1, 0.15) is 11.6 Å². The highest BCUT2D eigenvalue weighted by atomic mass is 35.5. The van der Waals surface area contributed by atoms with Gasteiger partial charge >= 0.3 is 11.3 Å². The minimum absolute atomic E-state index is 0.0790. The molecule has 0 unspecified atom stereocenters. The summed E-state index contributed by atoms with van der Waals surface area (Å²) in [5.41, 5.74) is -0.443. The Balaban J connectivity index is 2.15. The number of sulfone groups is 1. The Bertz CT molecular complexity index is 918. The molecule has 0 aliphatic rings. The van der Waals surface area contributed by atoms with Crippen LogP contribution in [0.1, 0.15) is 45.2 Å². The van der Waals surface area contributed by atoms with Gasteiger partial charge in [-0.3, -0.25) is 0 Å². The molecule has 1 aromatic carbocycles. The summed E-state index contributed by atoms with van der Waals surface area (Å²) in [5.74, 6) is -0.578. The molecule has 1 amide bonds. The van der Waals surface area contributed by atoms with Crippen molar-refractivity contribution in [3.63, 3.8) is 0 Å². The van der Waals surface area contributed by atoms with Crippen molar-refractivity contribution in [3.8, 4) is 0 Å². The lowest BCUT2D eigenvalue weighted by molar-refractivity contribution is 0.0500.